The molecule has 1 N–H and O–H groups in total. The molecule has 0 unspecified atom stereocenters. The molecule has 2 atom stereocenters. The van der Waals surface area contributed by atoms with Gasteiger partial charge in [-0.25, -0.2) is 0 Å². The zero-order valence-electron chi connectivity index (χ0n) is 18.3. The molecule has 0 saturated heterocycles. The Labute approximate surface area is 177 Å². The largest absolute Gasteiger partial charge is 0.457 e. The Bertz CT molecular complexity index is 912. The van der Waals surface area contributed by atoms with Crippen molar-refractivity contribution < 1.29 is 19.1 Å². The lowest BCUT2D eigenvalue weighted by Gasteiger charge is -2.60. The number of nitrogens with one attached hydrogen (secondary N) is 1. The zero-order valence-corrected chi connectivity index (χ0v) is 18.3. The van der Waals surface area contributed by atoms with Gasteiger partial charge in [0.05, 0.1) is 5.41 Å². The fourth-order valence-corrected chi connectivity index (χ4v) is 7.34. The van der Waals surface area contributed by atoms with Gasteiger partial charge in [0.25, 0.3) is 0 Å². The van der Waals surface area contributed by atoms with E-state index in [2.05, 4.69) is 9.88 Å². The quantitative estimate of drug-likeness (QED) is 0.572. The molecule has 6 heteroatoms. The van der Waals surface area contributed by atoms with Gasteiger partial charge in [0.2, 0.25) is 11.7 Å². The van der Waals surface area contributed by atoms with E-state index < -0.39 is 5.41 Å². The van der Waals surface area contributed by atoms with Gasteiger partial charge in [-0.1, -0.05) is 0 Å². The second-order valence-electron chi connectivity index (χ2n) is 10.6. The van der Waals surface area contributed by atoms with Gasteiger partial charge in [0.15, 0.2) is 6.61 Å². The minimum absolute atomic E-state index is 0.0262. The molecule has 1 aromatic heterocycles. The third-order valence-corrected chi connectivity index (χ3v) is 7.97. The minimum Gasteiger partial charge on any atom is -0.457 e. The van der Waals surface area contributed by atoms with Crippen molar-refractivity contribution in [3.63, 3.8) is 0 Å². The molecule has 0 aromatic carbocycles. The van der Waals surface area contributed by atoms with Crippen molar-refractivity contribution in [2.75, 3.05) is 6.61 Å². The summed E-state index contributed by atoms with van der Waals surface area (Å²) in [6.45, 7) is 5.38. The summed E-state index contributed by atoms with van der Waals surface area (Å²) in [5.74, 6) is 0.527. The van der Waals surface area contributed by atoms with Crippen LogP contribution in [0, 0.1) is 31.1 Å². The van der Waals surface area contributed by atoms with Crippen LogP contribution in [-0.2, 0) is 14.3 Å². The van der Waals surface area contributed by atoms with E-state index >= 15 is 0 Å². The molecule has 5 aliphatic rings. The first-order valence-electron chi connectivity index (χ1n) is 11.4. The Morgan fingerprint density at radius 3 is 2.40 bits per heavy atom. The topological polar surface area (TPSA) is 77.4 Å². The number of amides is 1. The number of aryl methyl sites for hydroxylation is 1. The van der Waals surface area contributed by atoms with Crippen molar-refractivity contribution in [1.82, 2.24) is 9.88 Å². The van der Waals surface area contributed by atoms with Crippen molar-refractivity contribution in [1.29, 1.82) is 0 Å². The zero-order chi connectivity index (χ0) is 21.3. The lowest BCUT2D eigenvalue weighted by atomic mass is 9.47. The molecule has 30 heavy (non-hydrogen) atoms. The highest BCUT2D eigenvalue weighted by Gasteiger charge is 2.61. The standard InChI is InChI=1S/C24H32N2O4/c1-14-6-20(15(2)26(14)19-4-5-19)21(28)12-30-22(29)23-8-17-7-18(9-23)11-24(10-17,13-23)25-16(3)27/h6,17-19H,4-5,7-13H2,1-3H3,(H,25,27)/t17-,18-,23?,24?/m1/s1. The van der Waals surface area contributed by atoms with Crippen molar-refractivity contribution in [3.05, 3.63) is 23.0 Å². The van der Waals surface area contributed by atoms with Crippen LogP contribution >= 0.6 is 0 Å². The molecular weight excluding hydrogens is 380 g/mol. The number of nitrogens with zero attached hydrogens (tertiary/aromatic N) is 1. The van der Waals surface area contributed by atoms with Crippen LogP contribution in [0.2, 0.25) is 0 Å². The highest BCUT2D eigenvalue weighted by Crippen LogP contribution is 2.62. The maximum Gasteiger partial charge on any atom is 0.312 e. The Balaban J connectivity index is 1.29. The first kappa shape index (κ1) is 19.8. The van der Waals surface area contributed by atoms with Crippen LogP contribution in [0.25, 0.3) is 0 Å². The number of hydrogen-bond donors (Lipinski definition) is 1. The number of ether oxygens (including phenoxy) is 1. The molecule has 6 rings (SSSR count). The van der Waals surface area contributed by atoms with Gasteiger partial charge in [0, 0.05) is 35.5 Å². The van der Waals surface area contributed by atoms with E-state index in [1.54, 1.807) is 6.92 Å². The lowest BCUT2D eigenvalue weighted by molar-refractivity contribution is -0.174. The van der Waals surface area contributed by atoms with Gasteiger partial charge in [-0.2, -0.15) is 0 Å². The summed E-state index contributed by atoms with van der Waals surface area (Å²) in [6.07, 6.45) is 7.70. The second-order valence-corrected chi connectivity index (χ2v) is 10.6. The fourth-order valence-electron chi connectivity index (χ4n) is 7.34. The number of esters is 1. The molecule has 1 amide bonds. The molecule has 4 bridgehead atoms. The lowest BCUT2D eigenvalue weighted by Crippen LogP contribution is -2.64. The maximum absolute atomic E-state index is 13.2. The highest BCUT2D eigenvalue weighted by molar-refractivity contribution is 5.99. The van der Waals surface area contributed by atoms with Gasteiger partial charge < -0.3 is 14.6 Å². The Kier molecular flexibility index (Phi) is 4.42. The van der Waals surface area contributed by atoms with Crippen LogP contribution in [-0.4, -0.2) is 34.4 Å². The third kappa shape index (κ3) is 3.19. The number of hydrogen-bond acceptors (Lipinski definition) is 4. The van der Waals surface area contributed by atoms with E-state index in [0.717, 1.165) is 43.5 Å². The van der Waals surface area contributed by atoms with E-state index in [1.807, 2.05) is 19.9 Å². The first-order chi connectivity index (χ1) is 14.2. The van der Waals surface area contributed by atoms with Crippen LogP contribution in [0.15, 0.2) is 6.07 Å². The molecule has 6 nitrogen and oxygen atoms in total. The first-order valence-corrected chi connectivity index (χ1v) is 11.4. The average molecular weight is 413 g/mol. The normalized spacial score (nSPS) is 34.1. The Morgan fingerprint density at radius 1 is 1.13 bits per heavy atom. The van der Waals surface area contributed by atoms with Crippen LogP contribution in [0.1, 0.15) is 86.1 Å². The summed E-state index contributed by atoms with van der Waals surface area (Å²) >= 11 is 0. The van der Waals surface area contributed by atoms with Gasteiger partial charge >= 0.3 is 5.97 Å². The average Bonchev–Trinajstić information content (AvgIpc) is 3.42. The molecule has 0 spiro atoms. The number of carbonyl (C=O) groups excluding carboxylic acids is 3. The van der Waals surface area contributed by atoms with Crippen LogP contribution in [0.4, 0.5) is 0 Å². The minimum atomic E-state index is -0.544. The highest BCUT2D eigenvalue weighted by atomic mass is 16.5. The smallest absolute Gasteiger partial charge is 0.312 e. The summed E-state index contributed by atoms with van der Waals surface area (Å²) in [5.41, 5.74) is 1.94. The molecule has 5 fully saturated rings. The molecule has 162 valence electrons. The van der Waals surface area contributed by atoms with Crippen LogP contribution in [0.3, 0.4) is 0 Å². The Morgan fingerprint density at radius 2 is 1.80 bits per heavy atom. The number of ketones is 1. The SMILES string of the molecule is CC(=O)NC12C[C@@H]3C[C@@H](C1)CC(C(=O)OCC(=O)c1cc(C)n(C4CC4)c1C)(C3)C2. The van der Waals surface area contributed by atoms with Crippen molar-refractivity contribution >= 4 is 17.7 Å². The van der Waals surface area contributed by atoms with Crippen molar-refractivity contribution in [3.8, 4) is 0 Å². The van der Waals surface area contributed by atoms with Gasteiger partial charge in [-0.3, -0.25) is 14.4 Å². The third-order valence-electron chi connectivity index (χ3n) is 7.97. The summed E-state index contributed by atoms with van der Waals surface area (Å²) in [5, 5.41) is 3.17. The molecule has 1 aromatic rings. The second kappa shape index (κ2) is 6.69. The molecule has 1 heterocycles. The predicted molar refractivity (Wildman–Crippen MR) is 111 cm³/mol. The van der Waals surface area contributed by atoms with Crippen molar-refractivity contribution in [2.24, 2.45) is 17.3 Å². The number of Topliss-reactive ketones (excluding diaryl/α,β-unsaturated/α-hetero) is 1. The molecule has 5 saturated carbocycles. The summed E-state index contributed by atoms with van der Waals surface area (Å²) in [7, 11) is 0. The van der Waals surface area contributed by atoms with E-state index in [0.29, 0.717) is 29.9 Å². The molecular formula is C24H32N2O4. The molecule has 0 radical (unpaired) electrons. The summed E-state index contributed by atoms with van der Waals surface area (Å²) in [4.78, 5) is 37.9. The summed E-state index contributed by atoms with van der Waals surface area (Å²) in [6, 6.07) is 2.45. The van der Waals surface area contributed by atoms with Crippen molar-refractivity contribution in [2.45, 2.75) is 83.7 Å². The fraction of sp³-hybridized carbons (Fsp3) is 0.708. The van der Waals surface area contributed by atoms with Gasteiger partial charge in [-0.05, 0) is 83.1 Å². The Hall–Kier alpha value is -2.11. The number of aromatic nitrogens is 1. The monoisotopic (exact) mass is 412 g/mol. The maximum atomic E-state index is 13.2. The van der Waals surface area contributed by atoms with E-state index in [1.165, 1.54) is 12.8 Å². The molecule has 0 aliphatic heterocycles. The molecule has 5 aliphatic carbocycles. The van der Waals surface area contributed by atoms with Gasteiger partial charge in [-0.15, -0.1) is 0 Å². The van der Waals surface area contributed by atoms with E-state index in [-0.39, 0.29) is 29.8 Å². The van der Waals surface area contributed by atoms with Crippen LogP contribution < -0.4 is 5.32 Å². The predicted octanol–water partition coefficient (Wildman–Crippen LogP) is 3.64. The number of rotatable bonds is 6. The van der Waals surface area contributed by atoms with Crippen LogP contribution in [0.5, 0.6) is 0 Å². The number of carbonyl (C=O) groups is 3. The van der Waals surface area contributed by atoms with Gasteiger partial charge in [0.1, 0.15) is 0 Å². The summed E-state index contributed by atoms with van der Waals surface area (Å²) < 4.78 is 7.90. The van der Waals surface area contributed by atoms with E-state index in [4.69, 9.17) is 4.74 Å². The van der Waals surface area contributed by atoms with E-state index in [9.17, 15) is 14.4 Å².